The predicted octanol–water partition coefficient (Wildman–Crippen LogP) is 7.96. The van der Waals surface area contributed by atoms with Crippen molar-refractivity contribution in [2.45, 2.75) is 10.1 Å². The highest BCUT2D eigenvalue weighted by atomic mass is 32.2. The molecule has 0 heterocycles. The SMILES string of the molecule is O=C(/C=C/c1ccccc1)Nc1ccc(SC(C(=O)Nc2ccc3ccccc3c2)c2ccccc2)cc1. The average molecular weight is 515 g/mol. The van der Waals surface area contributed by atoms with Gasteiger partial charge in [0, 0.05) is 22.3 Å². The molecule has 4 nitrogen and oxygen atoms in total. The van der Waals surface area contributed by atoms with E-state index in [0.717, 1.165) is 32.5 Å². The molecular weight excluding hydrogens is 488 g/mol. The van der Waals surface area contributed by atoms with Gasteiger partial charge in [0.15, 0.2) is 0 Å². The average Bonchev–Trinajstić information content (AvgIpc) is 2.96. The van der Waals surface area contributed by atoms with Crippen LogP contribution in [-0.2, 0) is 9.59 Å². The van der Waals surface area contributed by atoms with E-state index in [1.54, 1.807) is 6.08 Å². The summed E-state index contributed by atoms with van der Waals surface area (Å²) in [5, 5.41) is 7.73. The lowest BCUT2D eigenvalue weighted by Crippen LogP contribution is -2.19. The van der Waals surface area contributed by atoms with E-state index in [0.29, 0.717) is 5.69 Å². The summed E-state index contributed by atoms with van der Waals surface area (Å²) in [5.41, 5.74) is 3.33. The first-order chi connectivity index (χ1) is 18.6. The first kappa shape index (κ1) is 25.1. The number of hydrogen-bond donors (Lipinski definition) is 2. The predicted molar refractivity (Wildman–Crippen MR) is 158 cm³/mol. The molecule has 0 aromatic heterocycles. The van der Waals surface area contributed by atoms with Gasteiger partial charge in [0.25, 0.3) is 0 Å². The second-order valence-electron chi connectivity index (χ2n) is 8.72. The Morgan fingerprint density at radius 1 is 0.632 bits per heavy atom. The second-order valence-corrected chi connectivity index (χ2v) is 9.90. The van der Waals surface area contributed by atoms with Crippen molar-refractivity contribution in [2.24, 2.45) is 0 Å². The number of amides is 2. The van der Waals surface area contributed by atoms with Gasteiger partial charge in [-0.3, -0.25) is 9.59 Å². The van der Waals surface area contributed by atoms with Gasteiger partial charge >= 0.3 is 0 Å². The lowest BCUT2D eigenvalue weighted by atomic mass is 10.1. The first-order valence-electron chi connectivity index (χ1n) is 12.3. The van der Waals surface area contributed by atoms with Crippen LogP contribution in [0.2, 0.25) is 0 Å². The summed E-state index contributed by atoms with van der Waals surface area (Å²) in [7, 11) is 0. The van der Waals surface area contributed by atoms with E-state index in [4.69, 9.17) is 0 Å². The van der Waals surface area contributed by atoms with E-state index in [-0.39, 0.29) is 11.8 Å². The van der Waals surface area contributed by atoms with Crippen LogP contribution in [0.15, 0.2) is 138 Å². The van der Waals surface area contributed by atoms with Crippen molar-refractivity contribution in [3.63, 3.8) is 0 Å². The highest BCUT2D eigenvalue weighted by Crippen LogP contribution is 2.37. The number of nitrogens with one attached hydrogen (secondary N) is 2. The lowest BCUT2D eigenvalue weighted by Gasteiger charge is -2.17. The summed E-state index contributed by atoms with van der Waals surface area (Å²) in [6.45, 7) is 0. The smallest absolute Gasteiger partial charge is 0.248 e. The fourth-order valence-corrected chi connectivity index (χ4v) is 5.07. The second kappa shape index (κ2) is 12.1. The summed E-state index contributed by atoms with van der Waals surface area (Å²) < 4.78 is 0. The molecule has 0 aliphatic carbocycles. The van der Waals surface area contributed by atoms with Crippen molar-refractivity contribution in [1.29, 1.82) is 0 Å². The van der Waals surface area contributed by atoms with Crippen LogP contribution in [0.25, 0.3) is 16.8 Å². The molecule has 0 aliphatic rings. The molecule has 0 bridgehead atoms. The summed E-state index contributed by atoms with van der Waals surface area (Å²) >= 11 is 1.47. The molecular formula is C33H26N2O2S. The third kappa shape index (κ3) is 6.58. The van der Waals surface area contributed by atoms with Gasteiger partial charge in [-0.1, -0.05) is 91.0 Å². The molecule has 0 saturated heterocycles. The first-order valence-corrected chi connectivity index (χ1v) is 13.2. The van der Waals surface area contributed by atoms with Crippen molar-refractivity contribution >= 4 is 51.8 Å². The van der Waals surface area contributed by atoms with E-state index in [1.807, 2.05) is 121 Å². The molecule has 5 aromatic rings. The number of hydrogen-bond acceptors (Lipinski definition) is 3. The van der Waals surface area contributed by atoms with E-state index < -0.39 is 5.25 Å². The van der Waals surface area contributed by atoms with Crippen LogP contribution in [0.5, 0.6) is 0 Å². The van der Waals surface area contributed by atoms with Gasteiger partial charge in [0.05, 0.1) is 0 Å². The molecule has 5 heteroatoms. The van der Waals surface area contributed by atoms with Crippen LogP contribution in [0.3, 0.4) is 0 Å². The van der Waals surface area contributed by atoms with Crippen molar-refractivity contribution in [3.05, 3.63) is 145 Å². The zero-order valence-corrected chi connectivity index (χ0v) is 21.4. The van der Waals surface area contributed by atoms with Crippen LogP contribution in [-0.4, -0.2) is 11.8 Å². The maximum absolute atomic E-state index is 13.5. The normalized spacial score (nSPS) is 11.8. The van der Waals surface area contributed by atoms with E-state index in [9.17, 15) is 9.59 Å². The van der Waals surface area contributed by atoms with Crippen LogP contribution < -0.4 is 10.6 Å². The molecule has 1 unspecified atom stereocenters. The number of thioether (sulfide) groups is 1. The Balaban J connectivity index is 1.28. The Kier molecular flexibility index (Phi) is 7.97. The minimum absolute atomic E-state index is 0.0973. The molecule has 0 aliphatic heterocycles. The number of benzene rings is 5. The van der Waals surface area contributed by atoms with Crippen LogP contribution >= 0.6 is 11.8 Å². The topological polar surface area (TPSA) is 58.2 Å². The molecule has 0 saturated carbocycles. The molecule has 5 rings (SSSR count). The van der Waals surface area contributed by atoms with E-state index in [1.165, 1.54) is 17.8 Å². The van der Waals surface area contributed by atoms with Gasteiger partial charge in [0.1, 0.15) is 5.25 Å². The molecule has 0 radical (unpaired) electrons. The van der Waals surface area contributed by atoms with Gasteiger partial charge in [0.2, 0.25) is 11.8 Å². The maximum Gasteiger partial charge on any atom is 0.248 e. The maximum atomic E-state index is 13.5. The van der Waals surface area contributed by atoms with E-state index >= 15 is 0 Å². The van der Waals surface area contributed by atoms with Crippen molar-refractivity contribution in [1.82, 2.24) is 0 Å². The third-order valence-electron chi connectivity index (χ3n) is 5.96. The Morgan fingerprint density at radius 3 is 2.00 bits per heavy atom. The molecule has 38 heavy (non-hydrogen) atoms. The minimum Gasteiger partial charge on any atom is -0.325 e. The van der Waals surface area contributed by atoms with Gasteiger partial charge in [-0.15, -0.1) is 11.8 Å². The van der Waals surface area contributed by atoms with Crippen LogP contribution in [0, 0.1) is 0 Å². The zero-order valence-electron chi connectivity index (χ0n) is 20.6. The lowest BCUT2D eigenvalue weighted by molar-refractivity contribution is -0.116. The van der Waals surface area contributed by atoms with Crippen molar-refractivity contribution in [2.75, 3.05) is 10.6 Å². The summed E-state index contributed by atoms with van der Waals surface area (Å²) in [6.07, 6.45) is 3.29. The molecule has 186 valence electrons. The highest BCUT2D eigenvalue weighted by Gasteiger charge is 2.22. The largest absolute Gasteiger partial charge is 0.325 e. The molecule has 5 aromatic carbocycles. The fourth-order valence-electron chi connectivity index (χ4n) is 4.05. The number of rotatable bonds is 8. The molecule has 0 spiro atoms. The standard InChI is InChI=1S/C33H26N2O2S/c36-31(22-15-24-9-3-1-4-10-24)34-28-18-20-30(21-19-28)38-32(26-12-5-2-6-13-26)33(37)35-29-17-16-25-11-7-8-14-27(25)23-29/h1-23,32H,(H,34,36)(H,35,37)/b22-15+. The highest BCUT2D eigenvalue weighted by molar-refractivity contribution is 8.00. The number of anilines is 2. The molecule has 1 atom stereocenters. The minimum atomic E-state index is -0.447. The summed E-state index contributed by atoms with van der Waals surface area (Å²) in [4.78, 5) is 26.7. The van der Waals surface area contributed by atoms with Crippen LogP contribution in [0.1, 0.15) is 16.4 Å². The van der Waals surface area contributed by atoms with Gasteiger partial charge in [-0.25, -0.2) is 0 Å². The number of carbonyl (C=O) groups excluding carboxylic acids is 2. The van der Waals surface area contributed by atoms with Crippen molar-refractivity contribution in [3.8, 4) is 0 Å². The van der Waals surface area contributed by atoms with Crippen LogP contribution in [0.4, 0.5) is 11.4 Å². The van der Waals surface area contributed by atoms with E-state index in [2.05, 4.69) is 16.7 Å². The van der Waals surface area contributed by atoms with Gasteiger partial charge in [-0.2, -0.15) is 0 Å². The third-order valence-corrected chi connectivity index (χ3v) is 7.23. The monoisotopic (exact) mass is 514 g/mol. The van der Waals surface area contributed by atoms with Gasteiger partial charge in [-0.05, 0) is 64.4 Å². The Labute approximate surface area is 226 Å². The fraction of sp³-hybridized carbons (Fsp3) is 0.0303. The van der Waals surface area contributed by atoms with Gasteiger partial charge < -0.3 is 10.6 Å². The summed E-state index contributed by atoms with van der Waals surface area (Å²) in [5.74, 6) is -0.300. The molecule has 2 amide bonds. The zero-order chi connectivity index (χ0) is 26.2. The number of fused-ring (bicyclic) bond motifs is 1. The molecule has 0 fully saturated rings. The molecule has 2 N–H and O–H groups in total. The Bertz CT molecular complexity index is 1570. The Morgan fingerprint density at radius 2 is 1.26 bits per heavy atom. The quantitative estimate of drug-likeness (QED) is 0.163. The summed E-state index contributed by atoms with van der Waals surface area (Å²) in [6, 6.07) is 40.9. The Hall–Kier alpha value is -4.61. The number of carbonyl (C=O) groups is 2. The van der Waals surface area contributed by atoms with Crippen molar-refractivity contribution < 1.29 is 9.59 Å².